The topological polar surface area (TPSA) is 95.5 Å². The van der Waals surface area contributed by atoms with Gasteiger partial charge in [0.2, 0.25) is 5.91 Å². The summed E-state index contributed by atoms with van der Waals surface area (Å²) in [4.78, 5) is 36.5. The molecule has 3 aromatic carbocycles. The average molecular weight is 416 g/mol. The number of aliphatic carboxylic acids is 1. The fraction of sp³-hybridized carbons (Fsp3) is 0.160. The summed E-state index contributed by atoms with van der Waals surface area (Å²) in [5.41, 5.74) is 2.43. The summed E-state index contributed by atoms with van der Waals surface area (Å²) in [6.45, 7) is 0.240. The van der Waals surface area contributed by atoms with Crippen LogP contribution in [0.2, 0.25) is 0 Å². The maximum Gasteiger partial charge on any atom is 0.303 e. The predicted molar refractivity (Wildman–Crippen MR) is 119 cm³/mol. The van der Waals surface area contributed by atoms with Crippen molar-refractivity contribution in [2.45, 2.75) is 18.8 Å². The number of benzene rings is 3. The molecular formula is C25H24N2O4. The Kier molecular flexibility index (Phi) is 7.54. The average Bonchev–Trinajstić information content (AvgIpc) is 2.78. The van der Waals surface area contributed by atoms with Gasteiger partial charge >= 0.3 is 5.97 Å². The summed E-state index contributed by atoms with van der Waals surface area (Å²) >= 11 is 0. The highest BCUT2D eigenvalue weighted by Gasteiger charge is 2.24. The first kappa shape index (κ1) is 21.8. The summed E-state index contributed by atoms with van der Waals surface area (Å²) < 4.78 is 0. The van der Waals surface area contributed by atoms with Crippen molar-refractivity contribution in [1.82, 2.24) is 5.32 Å². The zero-order valence-corrected chi connectivity index (χ0v) is 17.0. The van der Waals surface area contributed by atoms with Gasteiger partial charge in [-0.2, -0.15) is 0 Å². The molecule has 0 aliphatic heterocycles. The number of carbonyl (C=O) groups is 3. The van der Waals surface area contributed by atoms with E-state index in [4.69, 9.17) is 5.11 Å². The van der Waals surface area contributed by atoms with Crippen LogP contribution in [0.4, 0.5) is 5.69 Å². The third-order valence-electron chi connectivity index (χ3n) is 4.81. The minimum Gasteiger partial charge on any atom is -0.481 e. The number of hydrogen-bond acceptors (Lipinski definition) is 3. The van der Waals surface area contributed by atoms with Gasteiger partial charge in [0.1, 0.15) is 0 Å². The molecule has 3 aromatic rings. The molecule has 158 valence electrons. The van der Waals surface area contributed by atoms with Crippen LogP contribution in [0.15, 0.2) is 84.9 Å². The zero-order valence-electron chi connectivity index (χ0n) is 17.0. The van der Waals surface area contributed by atoms with Crippen LogP contribution in [0.3, 0.4) is 0 Å². The molecule has 0 aromatic heterocycles. The second-order valence-corrected chi connectivity index (χ2v) is 7.04. The summed E-state index contributed by atoms with van der Waals surface area (Å²) in [6.07, 6.45) is 0.314. The predicted octanol–water partition coefficient (Wildman–Crippen LogP) is 4.05. The Bertz CT molecular complexity index is 996. The van der Waals surface area contributed by atoms with Gasteiger partial charge < -0.3 is 15.7 Å². The molecule has 6 heteroatoms. The number of para-hydroxylation sites is 1. The van der Waals surface area contributed by atoms with Gasteiger partial charge in [-0.15, -0.1) is 0 Å². The van der Waals surface area contributed by atoms with Crippen molar-refractivity contribution >= 4 is 23.5 Å². The van der Waals surface area contributed by atoms with E-state index in [1.807, 2.05) is 60.7 Å². The molecule has 2 amide bonds. The van der Waals surface area contributed by atoms with Gasteiger partial charge in [0, 0.05) is 13.0 Å². The molecule has 0 radical (unpaired) electrons. The van der Waals surface area contributed by atoms with Crippen molar-refractivity contribution in [3.8, 4) is 0 Å². The van der Waals surface area contributed by atoms with Gasteiger partial charge in [-0.1, -0.05) is 72.8 Å². The summed E-state index contributed by atoms with van der Waals surface area (Å²) in [5.74, 6) is -2.05. The van der Waals surface area contributed by atoms with E-state index in [-0.39, 0.29) is 24.8 Å². The zero-order chi connectivity index (χ0) is 22.1. The van der Waals surface area contributed by atoms with E-state index in [9.17, 15) is 14.4 Å². The molecule has 6 nitrogen and oxygen atoms in total. The maximum atomic E-state index is 13.3. The Hall–Kier alpha value is -3.93. The second kappa shape index (κ2) is 10.7. The van der Waals surface area contributed by atoms with Gasteiger partial charge in [-0.3, -0.25) is 14.4 Å². The van der Waals surface area contributed by atoms with Crippen LogP contribution in [-0.2, 0) is 9.59 Å². The SMILES string of the molecule is O=C(O)CCCNC(=O)c1ccccc1NC(=O)C(c1ccccc1)c1ccccc1. The molecular weight excluding hydrogens is 392 g/mol. The van der Waals surface area contributed by atoms with Crippen molar-refractivity contribution in [1.29, 1.82) is 0 Å². The van der Waals surface area contributed by atoms with Crippen LogP contribution in [0, 0.1) is 0 Å². The largest absolute Gasteiger partial charge is 0.481 e. The lowest BCUT2D eigenvalue weighted by Crippen LogP contribution is -2.28. The van der Waals surface area contributed by atoms with Crippen molar-refractivity contribution in [3.63, 3.8) is 0 Å². The molecule has 0 aliphatic carbocycles. The number of hydrogen-bond donors (Lipinski definition) is 3. The first-order valence-electron chi connectivity index (χ1n) is 10.1. The Labute approximate surface area is 180 Å². The Morgan fingerprint density at radius 2 is 1.32 bits per heavy atom. The fourth-order valence-corrected chi connectivity index (χ4v) is 3.32. The number of carbonyl (C=O) groups excluding carboxylic acids is 2. The number of nitrogens with one attached hydrogen (secondary N) is 2. The van der Waals surface area contributed by atoms with Crippen LogP contribution in [0.5, 0.6) is 0 Å². The van der Waals surface area contributed by atoms with Gasteiger partial charge in [-0.05, 0) is 29.7 Å². The van der Waals surface area contributed by atoms with Crippen molar-refractivity contribution < 1.29 is 19.5 Å². The summed E-state index contributed by atoms with van der Waals surface area (Å²) in [5, 5.41) is 14.3. The molecule has 0 saturated heterocycles. The Morgan fingerprint density at radius 3 is 1.90 bits per heavy atom. The van der Waals surface area contributed by atoms with Crippen LogP contribution in [0.25, 0.3) is 0 Å². The normalized spacial score (nSPS) is 10.5. The minimum absolute atomic E-state index is 0.0194. The monoisotopic (exact) mass is 416 g/mol. The molecule has 3 rings (SSSR count). The van der Waals surface area contributed by atoms with E-state index in [2.05, 4.69) is 10.6 Å². The lowest BCUT2D eigenvalue weighted by Gasteiger charge is -2.19. The van der Waals surface area contributed by atoms with E-state index in [0.717, 1.165) is 11.1 Å². The molecule has 0 bridgehead atoms. The van der Waals surface area contributed by atoms with E-state index in [1.54, 1.807) is 24.3 Å². The van der Waals surface area contributed by atoms with E-state index < -0.39 is 11.9 Å². The molecule has 31 heavy (non-hydrogen) atoms. The number of carboxylic acid groups (broad SMARTS) is 1. The van der Waals surface area contributed by atoms with Crippen molar-refractivity contribution in [2.75, 3.05) is 11.9 Å². The van der Waals surface area contributed by atoms with Gasteiger partial charge in [0.05, 0.1) is 17.2 Å². The van der Waals surface area contributed by atoms with Gasteiger partial charge in [0.15, 0.2) is 0 Å². The molecule has 0 aliphatic rings. The molecule has 0 unspecified atom stereocenters. The maximum absolute atomic E-state index is 13.3. The number of rotatable bonds is 9. The molecule has 0 heterocycles. The Morgan fingerprint density at radius 1 is 0.774 bits per heavy atom. The Balaban J connectivity index is 1.80. The summed E-state index contributed by atoms with van der Waals surface area (Å²) in [7, 11) is 0. The molecule has 0 spiro atoms. The smallest absolute Gasteiger partial charge is 0.303 e. The minimum atomic E-state index is -0.908. The van der Waals surface area contributed by atoms with Crippen molar-refractivity contribution in [2.24, 2.45) is 0 Å². The fourth-order valence-electron chi connectivity index (χ4n) is 3.32. The van der Waals surface area contributed by atoms with E-state index >= 15 is 0 Å². The lowest BCUT2D eigenvalue weighted by atomic mass is 9.90. The highest BCUT2D eigenvalue weighted by Crippen LogP contribution is 2.27. The van der Waals surface area contributed by atoms with Crippen LogP contribution < -0.4 is 10.6 Å². The van der Waals surface area contributed by atoms with Crippen LogP contribution in [0.1, 0.15) is 40.2 Å². The van der Waals surface area contributed by atoms with Crippen LogP contribution in [-0.4, -0.2) is 29.4 Å². The van der Waals surface area contributed by atoms with Crippen LogP contribution >= 0.6 is 0 Å². The van der Waals surface area contributed by atoms with Crippen molar-refractivity contribution in [3.05, 3.63) is 102 Å². The van der Waals surface area contributed by atoms with E-state index in [0.29, 0.717) is 17.7 Å². The number of amides is 2. The quantitative estimate of drug-likeness (QED) is 0.459. The highest BCUT2D eigenvalue weighted by molar-refractivity contribution is 6.05. The standard InChI is InChI=1S/C25H24N2O4/c28-22(29)16-9-17-26-24(30)20-14-7-8-15-21(20)27-25(31)23(18-10-3-1-4-11-18)19-12-5-2-6-13-19/h1-8,10-15,23H,9,16-17H2,(H,26,30)(H,27,31)(H,28,29). The van der Waals surface area contributed by atoms with E-state index in [1.165, 1.54) is 0 Å². The third kappa shape index (κ3) is 6.02. The molecule has 0 saturated carbocycles. The first-order chi connectivity index (χ1) is 15.1. The summed E-state index contributed by atoms with van der Waals surface area (Å²) in [6, 6.07) is 25.7. The third-order valence-corrected chi connectivity index (χ3v) is 4.81. The number of anilines is 1. The first-order valence-corrected chi connectivity index (χ1v) is 10.1. The second-order valence-electron chi connectivity index (χ2n) is 7.04. The van der Waals surface area contributed by atoms with Gasteiger partial charge in [0.25, 0.3) is 5.91 Å². The molecule has 0 atom stereocenters. The lowest BCUT2D eigenvalue weighted by molar-refractivity contribution is -0.137. The highest BCUT2D eigenvalue weighted by atomic mass is 16.4. The molecule has 3 N–H and O–H groups in total. The number of carboxylic acids is 1. The molecule has 0 fully saturated rings. The van der Waals surface area contributed by atoms with Gasteiger partial charge in [-0.25, -0.2) is 0 Å².